The van der Waals surface area contributed by atoms with Crippen molar-refractivity contribution in [3.05, 3.63) is 17.6 Å². The maximum Gasteiger partial charge on any atom is 0.216 e. The highest BCUT2D eigenvalue weighted by molar-refractivity contribution is 5.18. The number of hydrogen-bond donors (Lipinski definition) is 1. The summed E-state index contributed by atoms with van der Waals surface area (Å²) in [5, 5.41) is 0. The third-order valence-electron chi connectivity index (χ3n) is 3.10. The predicted molar refractivity (Wildman–Crippen MR) is 62.6 cm³/mol. The van der Waals surface area contributed by atoms with Crippen LogP contribution >= 0.6 is 0 Å². The molecule has 1 fully saturated rings. The number of ether oxygens (including phenoxy) is 1. The predicted octanol–water partition coefficient (Wildman–Crippen LogP) is 1.64. The van der Waals surface area contributed by atoms with Gasteiger partial charge in [0, 0.05) is 24.1 Å². The summed E-state index contributed by atoms with van der Waals surface area (Å²) in [6.45, 7) is 0.615. The number of hydrogen-bond acceptors (Lipinski definition) is 4. The van der Waals surface area contributed by atoms with Crippen LogP contribution in [0, 0.1) is 0 Å². The Morgan fingerprint density at radius 2 is 2.12 bits per heavy atom. The smallest absolute Gasteiger partial charge is 0.216 e. The highest BCUT2D eigenvalue weighted by atomic mass is 16.5. The zero-order chi connectivity index (χ0) is 11.4. The number of nitrogens with two attached hydrogens (primary N) is 1. The molecular weight excluding hydrogens is 202 g/mol. The maximum absolute atomic E-state index is 5.55. The van der Waals surface area contributed by atoms with E-state index in [2.05, 4.69) is 9.97 Å². The van der Waals surface area contributed by atoms with Gasteiger partial charge in [-0.15, -0.1) is 0 Å². The van der Waals surface area contributed by atoms with Crippen LogP contribution in [0.3, 0.4) is 0 Å². The summed E-state index contributed by atoms with van der Waals surface area (Å²) < 4.78 is 5.21. The second-order valence-electron chi connectivity index (χ2n) is 4.28. The van der Waals surface area contributed by atoms with Crippen molar-refractivity contribution in [1.82, 2.24) is 9.97 Å². The first-order valence-corrected chi connectivity index (χ1v) is 5.95. The highest BCUT2D eigenvalue weighted by Crippen LogP contribution is 2.32. The van der Waals surface area contributed by atoms with Crippen LogP contribution in [0.2, 0.25) is 0 Å². The molecule has 4 heteroatoms. The lowest BCUT2D eigenvalue weighted by molar-refractivity contribution is 0.391. The van der Waals surface area contributed by atoms with E-state index in [1.165, 1.54) is 25.7 Å². The summed E-state index contributed by atoms with van der Waals surface area (Å²) in [5.41, 5.74) is 6.55. The van der Waals surface area contributed by atoms with Crippen molar-refractivity contribution >= 4 is 0 Å². The Morgan fingerprint density at radius 3 is 2.75 bits per heavy atom. The van der Waals surface area contributed by atoms with E-state index in [4.69, 9.17) is 10.5 Å². The van der Waals surface area contributed by atoms with Crippen LogP contribution in [-0.4, -0.2) is 23.6 Å². The number of rotatable bonds is 4. The third-order valence-corrected chi connectivity index (χ3v) is 3.10. The summed E-state index contributed by atoms with van der Waals surface area (Å²) in [6, 6.07) is 1.88. The van der Waals surface area contributed by atoms with E-state index in [1.807, 2.05) is 6.07 Å². The van der Waals surface area contributed by atoms with Crippen LogP contribution in [-0.2, 0) is 6.42 Å². The van der Waals surface area contributed by atoms with E-state index in [-0.39, 0.29) is 0 Å². The average Bonchev–Trinajstić information content (AvgIpc) is 2.82. The Balaban J connectivity index is 2.24. The molecular formula is C12H19N3O. The van der Waals surface area contributed by atoms with Gasteiger partial charge in [-0.05, 0) is 19.4 Å². The van der Waals surface area contributed by atoms with Gasteiger partial charge >= 0.3 is 0 Å². The minimum absolute atomic E-state index is 0.520. The Morgan fingerprint density at radius 1 is 1.38 bits per heavy atom. The van der Waals surface area contributed by atoms with Crippen molar-refractivity contribution < 1.29 is 4.74 Å². The molecule has 0 spiro atoms. The first-order valence-electron chi connectivity index (χ1n) is 5.95. The molecule has 0 saturated heterocycles. The van der Waals surface area contributed by atoms with Crippen LogP contribution in [0.1, 0.15) is 43.1 Å². The highest BCUT2D eigenvalue weighted by Gasteiger charge is 2.20. The first kappa shape index (κ1) is 11.3. The first-order chi connectivity index (χ1) is 7.83. The number of nitrogens with zero attached hydrogens (tertiary/aromatic N) is 2. The average molecular weight is 221 g/mol. The van der Waals surface area contributed by atoms with Crippen LogP contribution < -0.4 is 10.5 Å². The van der Waals surface area contributed by atoms with Crippen LogP contribution in [0.5, 0.6) is 5.88 Å². The fourth-order valence-electron chi connectivity index (χ4n) is 2.24. The van der Waals surface area contributed by atoms with Crippen LogP contribution in [0.25, 0.3) is 0 Å². The van der Waals surface area contributed by atoms with Gasteiger partial charge in [0.05, 0.1) is 7.11 Å². The minimum atomic E-state index is 0.520. The molecule has 2 rings (SSSR count). The zero-order valence-electron chi connectivity index (χ0n) is 9.78. The van der Waals surface area contributed by atoms with Crippen LogP contribution in [0.4, 0.5) is 0 Å². The fraction of sp³-hybridized carbons (Fsp3) is 0.667. The van der Waals surface area contributed by atoms with Gasteiger partial charge in [0.15, 0.2) is 0 Å². The maximum atomic E-state index is 5.55. The molecule has 1 aromatic heterocycles. The standard InChI is InChI=1S/C12H19N3O/c1-16-11-8-10(6-7-13)14-12(15-11)9-4-2-3-5-9/h8-9H,2-7,13H2,1H3. The van der Waals surface area contributed by atoms with Gasteiger partial charge in [-0.25, -0.2) is 4.98 Å². The summed E-state index contributed by atoms with van der Waals surface area (Å²) in [6.07, 6.45) is 5.78. The SMILES string of the molecule is COc1cc(CCN)nc(C2CCCC2)n1. The normalized spacial score (nSPS) is 16.6. The van der Waals surface area contributed by atoms with E-state index in [0.29, 0.717) is 18.3 Å². The Hall–Kier alpha value is -1.16. The molecule has 0 amide bonds. The molecule has 4 nitrogen and oxygen atoms in total. The zero-order valence-corrected chi connectivity index (χ0v) is 9.78. The summed E-state index contributed by atoms with van der Waals surface area (Å²) >= 11 is 0. The van der Waals surface area contributed by atoms with Crippen molar-refractivity contribution in [3.8, 4) is 5.88 Å². The molecule has 1 saturated carbocycles. The van der Waals surface area contributed by atoms with Crippen molar-refractivity contribution in [2.75, 3.05) is 13.7 Å². The lowest BCUT2D eigenvalue weighted by Crippen LogP contribution is -2.09. The Kier molecular flexibility index (Phi) is 3.72. The number of methoxy groups -OCH3 is 1. The molecule has 16 heavy (non-hydrogen) atoms. The summed E-state index contributed by atoms with van der Waals surface area (Å²) in [5.74, 6) is 2.13. The minimum Gasteiger partial charge on any atom is -0.481 e. The van der Waals surface area contributed by atoms with Crippen molar-refractivity contribution in [2.24, 2.45) is 5.73 Å². The summed E-state index contributed by atoms with van der Waals surface area (Å²) in [4.78, 5) is 9.02. The second-order valence-corrected chi connectivity index (χ2v) is 4.28. The molecule has 0 radical (unpaired) electrons. The lowest BCUT2D eigenvalue weighted by Gasteiger charge is -2.11. The number of aromatic nitrogens is 2. The van der Waals surface area contributed by atoms with Gasteiger partial charge in [0.2, 0.25) is 5.88 Å². The third kappa shape index (κ3) is 2.50. The molecule has 0 aliphatic heterocycles. The molecule has 88 valence electrons. The van der Waals surface area contributed by atoms with Gasteiger partial charge in [-0.3, -0.25) is 0 Å². The fourth-order valence-corrected chi connectivity index (χ4v) is 2.24. The van der Waals surface area contributed by atoms with Gasteiger partial charge in [0.25, 0.3) is 0 Å². The van der Waals surface area contributed by atoms with E-state index < -0.39 is 0 Å². The molecule has 0 unspecified atom stereocenters. The molecule has 0 atom stereocenters. The van der Waals surface area contributed by atoms with E-state index in [0.717, 1.165) is 17.9 Å². The molecule has 1 heterocycles. The monoisotopic (exact) mass is 221 g/mol. The largest absolute Gasteiger partial charge is 0.481 e. The summed E-state index contributed by atoms with van der Waals surface area (Å²) in [7, 11) is 1.65. The van der Waals surface area contributed by atoms with Crippen molar-refractivity contribution in [1.29, 1.82) is 0 Å². The van der Waals surface area contributed by atoms with Gasteiger partial charge in [0.1, 0.15) is 5.82 Å². The van der Waals surface area contributed by atoms with Gasteiger partial charge < -0.3 is 10.5 Å². The van der Waals surface area contributed by atoms with E-state index in [9.17, 15) is 0 Å². The van der Waals surface area contributed by atoms with Crippen LogP contribution in [0.15, 0.2) is 6.07 Å². The lowest BCUT2D eigenvalue weighted by atomic mass is 10.1. The quantitative estimate of drug-likeness (QED) is 0.839. The topological polar surface area (TPSA) is 61.0 Å². The van der Waals surface area contributed by atoms with Crippen molar-refractivity contribution in [2.45, 2.75) is 38.0 Å². The molecule has 1 aliphatic rings. The Labute approximate surface area is 96.2 Å². The molecule has 0 aromatic carbocycles. The molecule has 2 N–H and O–H groups in total. The Bertz CT molecular complexity index is 348. The van der Waals surface area contributed by atoms with Gasteiger partial charge in [-0.1, -0.05) is 12.8 Å². The molecule has 1 aliphatic carbocycles. The van der Waals surface area contributed by atoms with Crippen molar-refractivity contribution in [3.63, 3.8) is 0 Å². The molecule has 1 aromatic rings. The van der Waals surface area contributed by atoms with E-state index in [1.54, 1.807) is 7.11 Å². The van der Waals surface area contributed by atoms with E-state index >= 15 is 0 Å². The second kappa shape index (κ2) is 5.25. The molecule has 0 bridgehead atoms. The van der Waals surface area contributed by atoms with Gasteiger partial charge in [-0.2, -0.15) is 4.98 Å².